The van der Waals surface area contributed by atoms with Gasteiger partial charge in [0, 0.05) is 5.56 Å². The summed E-state index contributed by atoms with van der Waals surface area (Å²) < 4.78 is 6.07. The second kappa shape index (κ2) is 5.94. The Morgan fingerprint density at radius 2 is 2.14 bits per heavy atom. The summed E-state index contributed by atoms with van der Waals surface area (Å²) in [6.45, 7) is 1.94. The quantitative estimate of drug-likeness (QED) is 0.767. The number of rotatable bonds is 3. The van der Waals surface area contributed by atoms with Gasteiger partial charge in [0.05, 0.1) is 16.8 Å². The van der Waals surface area contributed by atoms with E-state index < -0.39 is 0 Å². The molecular formula is C16H13ClN2O2S. The number of nitrogens with zero attached hydrogens (tertiary/aromatic N) is 1. The maximum atomic E-state index is 12.3. The van der Waals surface area contributed by atoms with E-state index in [9.17, 15) is 4.79 Å². The molecule has 2 aromatic carbocycles. The Kier molecular flexibility index (Phi) is 4.00. The molecule has 1 aromatic heterocycles. The molecule has 0 fully saturated rings. The molecule has 1 N–H and O–H groups in total. The minimum absolute atomic E-state index is 0.196. The van der Waals surface area contributed by atoms with Crippen molar-refractivity contribution < 1.29 is 9.53 Å². The van der Waals surface area contributed by atoms with E-state index in [0.29, 0.717) is 27.0 Å². The van der Waals surface area contributed by atoms with E-state index in [1.807, 2.05) is 25.1 Å². The van der Waals surface area contributed by atoms with Gasteiger partial charge >= 0.3 is 0 Å². The molecular weight excluding hydrogens is 320 g/mol. The molecule has 1 amide bonds. The summed E-state index contributed by atoms with van der Waals surface area (Å²) in [5.74, 6) is 0.435. The maximum Gasteiger partial charge on any atom is 0.257 e. The summed E-state index contributed by atoms with van der Waals surface area (Å²) in [5.41, 5.74) is 2.28. The van der Waals surface area contributed by atoms with Crippen LogP contribution in [0.4, 0.5) is 5.13 Å². The normalized spacial score (nSPS) is 10.7. The average molecular weight is 333 g/mol. The predicted molar refractivity (Wildman–Crippen MR) is 90.3 cm³/mol. The Morgan fingerprint density at radius 1 is 1.32 bits per heavy atom. The molecule has 0 spiro atoms. The van der Waals surface area contributed by atoms with Gasteiger partial charge in [0.2, 0.25) is 0 Å². The number of thiazole rings is 1. The van der Waals surface area contributed by atoms with Crippen LogP contribution in [-0.4, -0.2) is 18.0 Å². The van der Waals surface area contributed by atoms with E-state index >= 15 is 0 Å². The molecule has 22 heavy (non-hydrogen) atoms. The van der Waals surface area contributed by atoms with Crippen LogP contribution in [0.3, 0.4) is 0 Å². The molecule has 0 aliphatic heterocycles. The topological polar surface area (TPSA) is 51.2 Å². The van der Waals surface area contributed by atoms with Crippen LogP contribution >= 0.6 is 22.9 Å². The molecule has 1 heterocycles. The van der Waals surface area contributed by atoms with Crippen LogP contribution in [-0.2, 0) is 0 Å². The van der Waals surface area contributed by atoms with E-state index in [2.05, 4.69) is 10.3 Å². The van der Waals surface area contributed by atoms with Gasteiger partial charge in [-0.1, -0.05) is 40.6 Å². The van der Waals surface area contributed by atoms with Gasteiger partial charge in [0.15, 0.2) is 5.13 Å². The van der Waals surface area contributed by atoms with Crippen molar-refractivity contribution in [2.75, 3.05) is 12.4 Å². The van der Waals surface area contributed by atoms with Gasteiger partial charge in [-0.3, -0.25) is 10.1 Å². The first kappa shape index (κ1) is 14.8. The molecule has 3 aromatic rings. The minimum atomic E-state index is -0.196. The zero-order valence-electron chi connectivity index (χ0n) is 12.0. The van der Waals surface area contributed by atoms with E-state index in [1.165, 1.54) is 11.3 Å². The zero-order valence-corrected chi connectivity index (χ0v) is 13.6. The lowest BCUT2D eigenvalue weighted by atomic mass is 10.1. The Morgan fingerprint density at radius 3 is 2.86 bits per heavy atom. The summed E-state index contributed by atoms with van der Waals surface area (Å²) >= 11 is 7.50. The summed E-state index contributed by atoms with van der Waals surface area (Å²) in [5, 5.41) is 3.89. The van der Waals surface area contributed by atoms with Gasteiger partial charge in [0.25, 0.3) is 5.91 Å². The number of anilines is 1. The number of hydrogen-bond donors (Lipinski definition) is 1. The summed E-state index contributed by atoms with van der Waals surface area (Å²) in [6, 6.07) is 10.9. The predicted octanol–water partition coefficient (Wildman–Crippen LogP) is 4.52. The maximum absolute atomic E-state index is 12.3. The fourth-order valence-electron chi connectivity index (χ4n) is 2.13. The van der Waals surface area contributed by atoms with Crippen LogP contribution < -0.4 is 10.1 Å². The third kappa shape index (κ3) is 2.77. The lowest BCUT2D eigenvalue weighted by Gasteiger charge is -2.02. The average Bonchev–Trinajstić information content (AvgIpc) is 2.92. The first-order chi connectivity index (χ1) is 10.6. The van der Waals surface area contributed by atoms with Crippen molar-refractivity contribution in [1.82, 2.24) is 4.98 Å². The number of carbonyl (C=O) groups excluding carboxylic acids is 1. The standard InChI is InChI=1S/C16H13ClN2O2S/c1-9-4-3-5-10(8-9)15(20)19-16-18-13-12(21-2)7-6-11(17)14(13)22-16/h3-8H,1-2H3,(H,18,19,20). The Balaban J connectivity index is 1.94. The number of carbonyl (C=O) groups is 1. The van der Waals surface area contributed by atoms with Crippen LogP contribution in [0.5, 0.6) is 5.75 Å². The highest BCUT2D eigenvalue weighted by atomic mass is 35.5. The van der Waals surface area contributed by atoms with Crippen molar-refractivity contribution in [2.45, 2.75) is 6.92 Å². The molecule has 3 rings (SSSR count). The summed E-state index contributed by atoms with van der Waals surface area (Å²) in [7, 11) is 1.58. The highest BCUT2D eigenvalue weighted by Crippen LogP contribution is 2.37. The number of amides is 1. The van der Waals surface area contributed by atoms with Gasteiger partial charge in [0.1, 0.15) is 11.3 Å². The van der Waals surface area contributed by atoms with Crippen molar-refractivity contribution in [1.29, 1.82) is 0 Å². The molecule has 6 heteroatoms. The number of aromatic nitrogens is 1. The minimum Gasteiger partial charge on any atom is -0.494 e. The Labute approximate surface area is 136 Å². The Hall–Kier alpha value is -2.11. The molecule has 112 valence electrons. The SMILES string of the molecule is COc1ccc(Cl)c2sc(NC(=O)c3cccc(C)c3)nc12. The molecule has 0 aliphatic carbocycles. The third-order valence-corrected chi connectivity index (χ3v) is 4.61. The Bertz CT molecular complexity index is 860. The molecule has 0 radical (unpaired) electrons. The van der Waals surface area contributed by atoms with Gasteiger partial charge in [-0.25, -0.2) is 4.98 Å². The number of benzene rings is 2. The van der Waals surface area contributed by atoms with Crippen molar-refractivity contribution in [2.24, 2.45) is 0 Å². The number of halogens is 1. The van der Waals surface area contributed by atoms with Crippen LogP contribution in [0.1, 0.15) is 15.9 Å². The first-order valence-electron chi connectivity index (χ1n) is 6.59. The highest BCUT2D eigenvalue weighted by molar-refractivity contribution is 7.23. The molecule has 0 saturated heterocycles. The van der Waals surface area contributed by atoms with E-state index in [4.69, 9.17) is 16.3 Å². The number of fused-ring (bicyclic) bond motifs is 1. The largest absolute Gasteiger partial charge is 0.494 e. The lowest BCUT2D eigenvalue weighted by molar-refractivity contribution is 0.102. The van der Waals surface area contributed by atoms with Crippen LogP contribution in [0, 0.1) is 6.92 Å². The molecule has 0 saturated carbocycles. The van der Waals surface area contributed by atoms with E-state index in [-0.39, 0.29) is 5.91 Å². The van der Waals surface area contributed by atoms with Gasteiger partial charge in [-0.2, -0.15) is 0 Å². The third-order valence-electron chi connectivity index (χ3n) is 3.18. The molecule has 0 atom stereocenters. The van der Waals surface area contributed by atoms with Crippen molar-refractivity contribution in [3.05, 3.63) is 52.5 Å². The number of nitrogens with one attached hydrogen (secondary N) is 1. The fourth-order valence-corrected chi connectivity index (χ4v) is 3.28. The number of hydrogen-bond acceptors (Lipinski definition) is 4. The molecule has 4 nitrogen and oxygen atoms in total. The molecule has 0 aliphatic rings. The van der Waals surface area contributed by atoms with Crippen LogP contribution in [0.15, 0.2) is 36.4 Å². The summed E-state index contributed by atoms with van der Waals surface area (Å²) in [4.78, 5) is 16.7. The lowest BCUT2D eigenvalue weighted by Crippen LogP contribution is -2.11. The summed E-state index contributed by atoms with van der Waals surface area (Å²) in [6.07, 6.45) is 0. The van der Waals surface area contributed by atoms with Crippen molar-refractivity contribution >= 4 is 44.2 Å². The van der Waals surface area contributed by atoms with Crippen molar-refractivity contribution in [3.63, 3.8) is 0 Å². The van der Waals surface area contributed by atoms with E-state index in [0.717, 1.165) is 10.3 Å². The second-order valence-corrected chi connectivity index (χ2v) is 6.18. The molecule has 0 unspecified atom stereocenters. The zero-order chi connectivity index (χ0) is 15.7. The second-order valence-electron chi connectivity index (χ2n) is 4.77. The fraction of sp³-hybridized carbons (Fsp3) is 0.125. The van der Waals surface area contributed by atoms with Gasteiger partial charge < -0.3 is 4.74 Å². The number of methoxy groups -OCH3 is 1. The van der Waals surface area contributed by atoms with Gasteiger partial charge in [-0.15, -0.1) is 0 Å². The van der Waals surface area contributed by atoms with E-state index in [1.54, 1.807) is 25.3 Å². The van der Waals surface area contributed by atoms with Crippen molar-refractivity contribution in [3.8, 4) is 5.75 Å². The smallest absolute Gasteiger partial charge is 0.257 e. The number of ether oxygens (including phenoxy) is 1. The van der Waals surface area contributed by atoms with Crippen LogP contribution in [0.2, 0.25) is 5.02 Å². The van der Waals surface area contributed by atoms with Crippen LogP contribution in [0.25, 0.3) is 10.2 Å². The monoisotopic (exact) mass is 332 g/mol. The first-order valence-corrected chi connectivity index (χ1v) is 7.79. The molecule has 0 bridgehead atoms. The van der Waals surface area contributed by atoms with Gasteiger partial charge in [-0.05, 0) is 31.2 Å². The highest BCUT2D eigenvalue weighted by Gasteiger charge is 2.14. The number of aryl methyl sites for hydroxylation is 1.